The van der Waals surface area contributed by atoms with Crippen LogP contribution in [0.2, 0.25) is 10.0 Å². The van der Waals surface area contributed by atoms with Crippen LogP contribution >= 0.6 is 23.2 Å². The molecule has 216 valence electrons. The molecule has 4 aromatic rings. The second kappa shape index (κ2) is 12.7. The van der Waals surface area contributed by atoms with Crippen LogP contribution in [0.3, 0.4) is 0 Å². The third-order valence-electron chi connectivity index (χ3n) is 6.98. The second-order valence-corrected chi connectivity index (χ2v) is 10.6. The number of nitrogens with one attached hydrogen (secondary N) is 1. The molecule has 2 amide bonds. The number of methoxy groups -OCH3 is 1. The minimum absolute atomic E-state index is 0.127. The lowest BCUT2D eigenvalue weighted by molar-refractivity contribution is 0.0926. The average Bonchev–Trinajstić information content (AvgIpc) is 3.38. The van der Waals surface area contributed by atoms with Crippen LogP contribution in [-0.2, 0) is 11.3 Å². The molecular weight excluding hydrogens is 575 g/mol. The van der Waals surface area contributed by atoms with Gasteiger partial charge in [-0.2, -0.15) is 5.10 Å². The summed E-state index contributed by atoms with van der Waals surface area (Å²) in [4.78, 5) is 28.4. The van der Waals surface area contributed by atoms with E-state index in [0.29, 0.717) is 27.0 Å². The number of ether oxygens (including phenoxy) is 2. The van der Waals surface area contributed by atoms with E-state index >= 15 is 0 Å². The van der Waals surface area contributed by atoms with E-state index in [1.54, 1.807) is 41.8 Å². The molecule has 0 radical (unpaired) electrons. The van der Waals surface area contributed by atoms with Gasteiger partial charge >= 0.3 is 6.09 Å². The lowest BCUT2D eigenvalue weighted by atomic mass is 9.97. The zero-order valence-electron chi connectivity index (χ0n) is 23.4. The molecule has 10 heteroatoms. The second-order valence-electron chi connectivity index (χ2n) is 9.79. The van der Waals surface area contributed by atoms with E-state index in [1.807, 2.05) is 67.6 Å². The van der Waals surface area contributed by atoms with Gasteiger partial charge in [0, 0.05) is 10.6 Å². The number of aromatic nitrogens is 2. The number of carbonyl (C=O) groups is 2. The maximum absolute atomic E-state index is 13.8. The van der Waals surface area contributed by atoms with Crippen molar-refractivity contribution in [1.29, 1.82) is 0 Å². The fraction of sp³-hybridized carbons (Fsp3) is 0.219. The van der Waals surface area contributed by atoms with Crippen molar-refractivity contribution in [3.8, 4) is 11.4 Å². The molecule has 2 heterocycles. The number of nitrogens with zero attached hydrogens (tertiary/aromatic N) is 3. The van der Waals surface area contributed by atoms with Gasteiger partial charge in [0.25, 0.3) is 5.91 Å². The van der Waals surface area contributed by atoms with Crippen molar-refractivity contribution in [2.75, 3.05) is 20.3 Å². The first-order valence-corrected chi connectivity index (χ1v) is 14.2. The van der Waals surface area contributed by atoms with Crippen LogP contribution in [0.4, 0.5) is 4.79 Å². The topological polar surface area (TPSA) is 85.7 Å². The van der Waals surface area contributed by atoms with Crippen LogP contribution in [-0.4, -0.2) is 46.9 Å². The van der Waals surface area contributed by atoms with Crippen molar-refractivity contribution in [2.24, 2.45) is 0 Å². The standard InChI is InChI=1S/C32H30Cl2N4O4/c1-4-42-32(40)37-18-23(16-21-10-13-25(41-3)14-11-21)30-26(19-37)29(31(39)35-20(2)22-8-6-5-7-9-22)36-38(30)28-15-12-24(33)17-27(28)34/h5-17,20H,4,18-19H2,1-3H3,(H,35,39). The van der Waals surface area contributed by atoms with E-state index in [0.717, 1.165) is 22.4 Å². The molecule has 0 saturated carbocycles. The zero-order valence-corrected chi connectivity index (χ0v) is 24.9. The highest BCUT2D eigenvalue weighted by Crippen LogP contribution is 2.36. The van der Waals surface area contributed by atoms with Crippen LogP contribution in [0.15, 0.2) is 72.8 Å². The lowest BCUT2D eigenvalue weighted by Crippen LogP contribution is -2.37. The molecule has 1 aromatic heterocycles. The predicted octanol–water partition coefficient (Wildman–Crippen LogP) is 7.19. The SMILES string of the molecule is CCOC(=O)N1CC(=Cc2ccc(OC)cc2)c2c(c(C(=O)NC(C)c3ccccc3)nn2-c2ccc(Cl)cc2Cl)C1. The lowest BCUT2D eigenvalue weighted by Gasteiger charge is -2.29. The Balaban J connectivity index is 1.67. The molecule has 0 spiro atoms. The third kappa shape index (κ3) is 6.15. The molecule has 42 heavy (non-hydrogen) atoms. The summed E-state index contributed by atoms with van der Waals surface area (Å²) in [5, 5.41) is 8.70. The summed E-state index contributed by atoms with van der Waals surface area (Å²) in [7, 11) is 1.61. The molecule has 0 fully saturated rings. The van der Waals surface area contributed by atoms with E-state index in [1.165, 1.54) is 0 Å². The molecule has 1 unspecified atom stereocenters. The van der Waals surface area contributed by atoms with Gasteiger partial charge in [-0.05, 0) is 67.0 Å². The normalized spacial score (nSPS) is 14.3. The number of carbonyl (C=O) groups excluding carboxylic acids is 2. The van der Waals surface area contributed by atoms with Gasteiger partial charge in [0.1, 0.15) is 5.75 Å². The van der Waals surface area contributed by atoms with E-state index in [-0.39, 0.29) is 37.3 Å². The summed E-state index contributed by atoms with van der Waals surface area (Å²) in [6, 6.07) is 22.0. The van der Waals surface area contributed by atoms with Crippen LogP contribution < -0.4 is 10.1 Å². The predicted molar refractivity (Wildman–Crippen MR) is 164 cm³/mol. The molecule has 1 atom stereocenters. The quantitative estimate of drug-likeness (QED) is 0.241. The van der Waals surface area contributed by atoms with Gasteiger partial charge in [-0.25, -0.2) is 9.48 Å². The monoisotopic (exact) mass is 604 g/mol. The van der Waals surface area contributed by atoms with Crippen molar-refractivity contribution in [3.05, 3.63) is 111 Å². The van der Waals surface area contributed by atoms with Crippen molar-refractivity contribution in [1.82, 2.24) is 20.0 Å². The largest absolute Gasteiger partial charge is 0.497 e. The Kier molecular flexibility index (Phi) is 8.85. The van der Waals surface area contributed by atoms with Crippen molar-refractivity contribution in [3.63, 3.8) is 0 Å². The molecule has 0 saturated heterocycles. The fourth-order valence-corrected chi connectivity index (χ4v) is 5.40. The molecule has 1 aliphatic rings. The van der Waals surface area contributed by atoms with Gasteiger partial charge in [0.2, 0.25) is 0 Å². The van der Waals surface area contributed by atoms with Crippen molar-refractivity contribution >= 4 is 46.9 Å². The highest BCUT2D eigenvalue weighted by atomic mass is 35.5. The fourth-order valence-electron chi connectivity index (χ4n) is 4.92. The Hall–Kier alpha value is -4.27. The number of benzene rings is 3. The van der Waals surface area contributed by atoms with Crippen LogP contribution in [0.5, 0.6) is 5.75 Å². The Labute approximate surface area is 254 Å². The van der Waals surface area contributed by atoms with E-state index < -0.39 is 6.09 Å². The van der Waals surface area contributed by atoms with Gasteiger partial charge in [0.05, 0.1) is 49.3 Å². The Morgan fingerprint density at radius 1 is 1.05 bits per heavy atom. The van der Waals surface area contributed by atoms with Crippen LogP contribution in [0, 0.1) is 0 Å². The number of rotatable bonds is 7. The van der Waals surface area contributed by atoms with Crippen LogP contribution in [0.25, 0.3) is 17.3 Å². The Bertz CT molecular complexity index is 1630. The summed E-state index contributed by atoms with van der Waals surface area (Å²) in [5.74, 6) is 0.347. The minimum Gasteiger partial charge on any atom is -0.497 e. The number of amides is 2. The summed E-state index contributed by atoms with van der Waals surface area (Å²) in [5.41, 5.74) is 4.58. The van der Waals surface area contributed by atoms with Gasteiger partial charge in [-0.3, -0.25) is 9.69 Å². The first-order chi connectivity index (χ1) is 20.3. The number of hydrogen-bond acceptors (Lipinski definition) is 5. The molecule has 1 aliphatic heterocycles. The summed E-state index contributed by atoms with van der Waals surface area (Å²) in [6.07, 6.45) is 1.48. The molecule has 0 bridgehead atoms. The molecule has 1 N–H and O–H groups in total. The Morgan fingerprint density at radius 2 is 1.79 bits per heavy atom. The van der Waals surface area contributed by atoms with Gasteiger partial charge in [0.15, 0.2) is 5.69 Å². The first kappa shape index (κ1) is 29.2. The zero-order chi connectivity index (χ0) is 29.8. The summed E-state index contributed by atoms with van der Waals surface area (Å²) in [6.45, 7) is 4.25. The Morgan fingerprint density at radius 3 is 2.45 bits per heavy atom. The van der Waals surface area contributed by atoms with Gasteiger partial charge < -0.3 is 14.8 Å². The van der Waals surface area contributed by atoms with E-state index in [2.05, 4.69) is 5.32 Å². The molecule has 0 aliphatic carbocycles. The highest BCUT2D eigenvalue weighted by Gasteiger charge is 2.34. The highest BCUT2D eigenvalue weighted by molar-refractivity contribution is 6.35. The van der Waals surface area contributed by atoms with E-state index in [4.69, 9.17) is 37.8 Å². The third-order valence-corrected chi connectivity index (χ3v) is 7.52. The molecule has 8 nitrogen and oxygen atoms in total. The van der Waals surface area contributed by atoms with Gasteiger partial charge in [-0.1, -0.05) is 65.7 Å². The average molecular weight is 606 g/mol. The maximum atomic E-state index is 13.8. The number of hydrogen-bond donors (Lipinski definition) is 1. The minimum atomic E-state index is -0.481. The molecular formula is C32H30Cl2N4O4. The van der Waals surface area contributed by atoms with Crippen LogP contribution in [0.1, 0.15) is 52.8 Å². The van der Waals surface area contributed by atoms with Crippen molar-refractivity contribution in [2.45, 2.75) is 26.4 Å². The van der Waals surface area contributed by atoms with Crippen molar-refractivity contribution < 1.29 is 19.1 Å². The summed E-state index contributed by atoms with van der Waals surface area (Å²) >= 11 is 12.9. The maximum Gasteiger partial charge on any atom is 0.410 e. The summed E-state index contributed by atoms with van der Waals surface area (Å²) < 4.78 is 12.3. The molecule has 5 rings (SSSR count). The number of halogens is 2. The first-order valence-electron chi connectivity index (χ1n) is 13.5. The van der Waals surface area contributed by atoms with Gasteiger partial charge in [-0.15, -0.1) is 0 Å². The van der Waals surface area contributed by atoms with E-state index in [9.17, 15) is 9.59 Å². The smallest absolute Gasteiger partial charge is 0.410 e. The number of fused-ring (bicyclic) bond motifs is 1. The molecule has 3 aromatic carbocycles.